The molecule has 0 amide bonds. The van der Waals surface area contributed by atoms with E-state index in [4.69, 9.17) is 0 Å². The Hall–Kier alpha value is -1.42. The first-order valence-corrected chi connectivity index (χ1v) is 8.12. The SMILES string of the molecule is C=CCCCCCCCCCC=C(C(=O)OC)C(O)C(C)=O. The van der Waals surface area contributed by atoms with Gasteiger partial charge >= 0.3 is 5.97 Å². The first-order valence-electron chi connectivity index (χ1n) is 8.12. The third-order valence-electron chi connectivity index (χ3n) is 3.58. The highest BCUT2D eigenvalue weighted by atomic mass is 16.5. The van der Waals surface area contributed by atoms with Crippen LogP contribution in [0.25, 0.3) is 0 Å². The van der Waals surface area contributed by atoms with E-state index in [0.29, 0.717) is 6.42 Å². The highest BCUT2D eigenvalue weighted by Gasteiger charge is 2.22. The van der Waals surface area contributed by atoms with Crippen LogP contribution in [0.5, 0.6) is 0 Å². The Balaban J connectivity index is 3.93. The zero-order valence-corrected chi connectivity index (χ0v) is 14.0. The van der Waals surface area contributed by atoms with Crippen LogP contribution in [0.3, 0.4) is 0 Å². The van der Waals surface area contributed by atoms with Crippen LogP contribution in [0.15, 0.2) is 24.3 Å². The number of ether oxygens (including phenoxy) is 1. The summed E-state index contributed by atoms with van der Waals surface area (Å²) in [7, 11) is 1.25. The van der Waals surface area contributed by atoms with Gasteiger partial charge in [-0.15, -0.1) is 6.58 Å². The van der Waals surface area contributed by atoms with Gasteiger partial charge in [0.25, 0.3) is 0 Å². The van der Waals surface area contributed by atoms with E-state index in [9.17, 15) is 14.7 Å². The lowest BCUT2D eigenvalue weighted by Crippen LogP contribution is -2.25. The third-order valence-corrected chi connectivity index (χ3v) is 3.58. The molecule has 0 heterocycles. The van der Waals surface area contributed by atoms with Gasteiger partial charge in [-0.05, 0) is 32.6 Å². The fraction of sp³-hybridized carbons (Fsp3) is 0.667. The second-order valence-corrected chi connectivity index (χ2v) is 5.51. The number of allylic oxidation sites excluding steroid dienone is 2. The maximum atomic E-state index is 11.5. The number of hydrogen-bond donors (Lipinski definition) is 1. The maximum absolute atomic E-state index is 11.5. The lowest BCUT2D eigenvalue weighted by atomic mass is 10.0. The Morgan fingerprint density at radius 1 is 1.05 bits per heavy atom. The highest BCUT2D eigenvalue weighted by Crippen LogP contribution is 2.13. The van der Waals surface area contributed by atoms with Crippen LogP contribution in [-0.2, 0) is 14.3 Å². The van der Waals surface area contributed by atoms with Gasteiger partial charge in [0.05, 0.1) is 12.7 Å². The van der Waals surface area contributed by atoms with Crippen LogP contribution in [0.1, 0.15) is 64.7 Å². The van der Waals surface area contributed by atoms with Crippen LogP contribution in [-0.4, -0.2) is 30.1 Å². The molecule has 0 fully saturated rings. The highest BCUT2D eigenvalue weighted by molar-refractivity contribution is 5.98. The summed E-state index contributed by atoms with van der Waals surface area (Å²) in [5, 5.41) is 9.71. The average molecular weight is 310 g/mol. The molecule has 4 nitrogen and oxygen atoms in total. The number of rotatable bonds is 13. The molecule has 0 rings (SSSR count). The van der Waals surface area contributed by atoms with Crippen LogP contribution >= 0.6 is 0 Å². The van der Waals surface area contributed by atoms with Crippen molar-refractivity contribution >= 4 is 11.8 Å². The minimum atomic E-state index is -1.38. The molecule has 126 valence electrons. The molecule has 0 saturated heterocycles. The van der Waals surface area contributed by atoms with Crippen LogP contribution in [0, 0.1) is 0 Å². The van der Waals surface area contributed by atoms with E-state index in [1.54, 1.807) is 6.08 Å². The Morgan fingerprint density at radius 3 is 2.00 bits per heavy atom. The number of ketones is 1. The molecular formula is C18H30O4. The summed E-state index contributed by atoms with van der Waals surface area (Å²) in [6.07, 6.45) is 12.1. The number of aliphatic hydroxyl groups is 1. The Bertz CT molecular complexity index is 371. The average Bonchev–Trinajstić information content (AvgIpc) is 2.51. The minimum Gasteiger partial charge on any atom is -0.466 e. The molecule has 0 aromatic carbocycles. The largest absolute Gasteiger partial charge is 0.466 e. The summed E-state index contributed by atoms with van der Waals surface area (Å²) in [6.45, 7) is 4.96. The summed E-state index contributed by atoms with van der Waals surface area (Å²) >= 11 is 0. The van der Waals surface area contributed by atoms with Crippen molar-refractivity contribution < 1.29 is 19.4 Å². The molecule has 0 spiro atoms. The monoisotopic (exact) mass is 310 g/mol. The molecule has 0 aromatic heterocycles. The number of Topliss-reactive ketones (excluding diaryl/α,β-unsaturated/α-hetero) is 1. The zero-order chi connectivity index (χ0) is 16.8. The van der Waals surface area contributed by atoms with Gasteiger partial charge in [0.1, 0.15) is 6.10 Å². The van der Waals surface area contributed by atoms with Gasteiger partial charge < -0.3 is 9.84 Å². The first-order chi connectivity index (χ1) is 10.5. The maximum Gasteiger partial charge on any atom is 0.336 e. The molecule has 0 radical (unpaired) electrons. The molecule has 0 aliphatic rings. The molecule has 1 atom stereocenters. The van der Waals surface area contributed by atoms with Gasteiger partial charge in [0.15, 0.2) is 5.78 Å². The standard InChI is InChI=1S/C18H30O4/c1-4-5-6-7-8-9-10-11-12-13-14-16(18(21)22-3)17(20)15(2)19/h4,14,17,20H,1,5-13H2,2-3H3. The number of carbonyl (C=O) groups is 2. The Kier molecular flexibility index (Phi) is 12.4. The summed E-state index contributed by atoms with van der Waals surface area (Å²) < 4.78 is 4.60. The minimum absolute atomic E-state index is 0.0550. The molecule has 1 unspecified atom stereocenters. The van der Waals surface area contributed by atoms with Crippen molar-refractivity contribution in [1.82, 2.24) is 0 Å². The van der Waals surface area contributed by atoms with E-state index in [1.165, 1.54) is 46.1 Å². The lowest BCUT2D eigenvalue weighted by Gasteiger charge is -2.10. The second kappa shape index (κ2) is 13.3. The van der Waals surface area contributed by atoms with E-state index in [-0.39, 0.29) is 5.57 Å². The second-order valence-electron chi connectivity index (χ2n) is 5.51. The normalized spacial score (nSPS) is 12.8. The van der Waals surface area contributed by atoms with Crippen molar-refractivity contribution in [2.45, 2.75) is 70.8 Å². The third kappa shape index (κ3) is 9.50. The van der Waals surface area contributed by atoms with Crippen molar-refractivity contribution in [3.63, 3.8) is 0 Å². The van der Waals surface area contributed by atoms with Crippen molar-refractivity contribution in [2.24, 2.45) is 0 Å². The smallest absolute Gasteiger partial charge is 0.336 e. The molecule has 0 aliphatic carbocycles. The molecule has 4 heteroatoms. The molecular weight excluding hydrogens is 280 g/mol. The predicted octanol–water partition coefficient (Wildman–Crippen LogP) is 3.73. The molecule has 0 aliphatic heterocycles. The Labute approximate surface area is 134 Å². The Morgan fingerprint density at radius 2 is 1.55 bits per heavy atom. The van der Waals surface area contributed by atoms with Gasteiger partial charge in [-0.2, -0.15) is 0 Å². The zero-order valence-electron chi connectivity index (χ0n) is 14.0. The van der Waals surface area contributed by atoms with Crippen molar-refractivity contribution in [2.75, 3.05) is 7.11 Å². The number of methoxy groups -OCH3 is 1. The molecule has 0 saturated carbocycles. The van der Waals surface area contributed by atoms with E-state index in [2.05, 4.69) is 11.3 Å². The molecule has 22 heavy (non-hydrogen) atoms. The van der Waals surface area contributed by atoms with E-state index in [1.807, 2.05) is 6.08 Å². The summed E-state index contributed by atoms with van der Waals surface area (Å²) in [5.41, 5.74) is 0.0550. The van der Waals surface area contributed by atoms with Crippen molar-refractivity contribution in [1.29, 1.82) is 0 Å². The summed E-state index contributed by atoms with van der Waals surface area (Å²) in [5.74, 6) is -1.08. The molecule has 1 N–H and O–H groups in total. The topological polar surface area (TPSA) is 63.6 Å². The number of aliphatic hydroxyl groups excluding tert-OH is 1. The first kappa shape index (κ1) is 20.6. The van der Waals surface area contributed by atoms with Gasteiger partial charge in [-0.1, -0.05) is 44.3 Å². The number of unbranched alkanes of at least 4 members (excludes halogenated alkanes) is 8. The van der Waals surface area contributed by atoms with E-state index >= 15 is 0 Å². The van der Waals surface area contributed by atoms with Crippen molar-refractivity contribution in [3.05, 3.63) is 24.3 Å². The fourth-order valence-electron chi connectivity index (χ4n) is 2.22. The predicted molar refractivity (Wildman–Crippen MR) is 88.5 cm³/mol. The van der Waals surface area contributed by atoms with Gasteiger partial charge in [-0.3, -0.25) is 4.79 Å². The van der Waals surface area contributed by atoms with Crippen molar-refractivity contribution in [3.8, 4) is 0 Å². The quantitative estimate of drug-likeness (QED) is 0.244. The number of carbonyl (C=O) groups excluding carboxylic acids is 2. The number of hydrogen-bond acceptors (Lipinski definition) is 4. The van der Waals surface area contributed by atoms with Gasteiger partial charge in [-0.25, -0.2) is 4.79 Å². The van der Waals surface area contributed by atoms with E-state index in [0.717, 1.165) is 19.3 Å². The molecule has 0 bridgehead atoms. The lowest BCUT2D eigenvalue weighted by molar-refractivity contribution is -0.139. The molecule has 0 aromatic rings. The van der Waals surface area contributed by atoms with Gasteiger partial charge in [0, 0.05) is 0 Å². The van der Waals surface area contributed by atoms with Gasteiger partial charge in [0.2, 0.25) is 0 Å². The van der Waals surface area contributed by atoms with Crippen LogP contribution in [0.2, 0.25) is 0 Å². The summed E-state index contributed by atoms with van der Waals surface area (Å²) in [6, 6.07) is 0. The van der Waals surface area contributed by atoms with Crippen LogP contribution in [0.4, 0.5) is 0 Å². The summed E-state index contributed by atoms with van der Waals surface area (Å²) in [4.78, 5) is 22.7. The number of esters is 1. The van der Waals surface area contributed by atoms with Crippen LogP contribution < -0.4 is 0 Å². The van der Waals surface area contributed by atoms with E-state index < -0.39 is 17.9 Å². The fourth-order valence-corrected chi connectivity index (χ4v) is 2.22.